The van der Waals surface area contributed by atoms with Crippen molar-refractivity contribution in [2.45, 2.75) is 32.6 Å². The Labute approximate surface area is 119 Å². The van der Waals surface area contributed by atoms with Gasteiger partial charge in [-0.05, 0) is 43.4 Å². The fraction of sp³-hybridized carbons (Fsp3) is 0.600. The monoisotopic (exact) mass is 283 g/mol. The van der Waals surface area contributed by atoms with Crippen molar-refractivity contribution in [2.75, 3.05) is 13.1 Å². The van der Waals surface area contributed by atoms with Crippen molar-refractivity contribution in [1.29, 1.82) is 0 Å². The summed E-state index contributed by atoms with van der Waals surface area (Å²) in [5.41, 5.74) is 1.30. The molecular formula is C15H22ClNS. The second kappa shape index (κ2) is 6.23. The lowest BCUT2D eigenvalue weighted by atomic mass is 9.90. The SMILES string of the molecule is C=C(C(C)C)[C@H](CNCC1CC1)c1ccc(Cl)s1. The highest BCUT2D eigenvalue weighted by Gasteiger charge is 2.23. The molecule has 0 spiro atoms. The molecule has 0 aromatic carbocycles. The third kappa shape index (κ3) is 3.84. The van der Waals surface area contributed by atoms with E-state index >= 15 is 0 Å². The Morgan fingerprint density at radius 1 is 1.50 bits per heavy atom. The van der Waals surface area contributed by atoms with Gasteiger partial charge in [0.1, 0.15) is 0 Å². The van der Waals surface area contributed by atoms with Crippen LogP contribution in [0.25, 0.3) is 0 Å². The van der Waals surface area contributed by atoms with Gasteiger partial charge in [0.15, 0.2) is 0 Å². The first-order valence-corrected chi connectivity index (χ1v) is 7.92. The highest BCUT2D eigenvalue weighted by molar-refractivity contribution is 7.16. The summed E-state index contributed by atoms with van der Waals surface area (Å²) in [4.78, 5) is 1.34. The molecule has 0 radical (unpaired) electrons. The minimum absolute atomic E-state index is 0.404. The molecule has 1 fully saturated rings. The van der Waals surface area contributed by atoms with E-state index in [-0.39, 0.29) is 0 Å². The molecule has 1 atom stereocenters. The average Bonchev–Trinajstić information content (AvgIpc) is 3.05. The molecule has 1 saturated carbocycles. The summed E-state index contributed by atoms with van der Waals surface area (Å²) in [6.07, 6.45) is 2.79. The van der Waals surface area contributed by atoms with Crippen molar-refractivity contribution in [3.05, 3.63) is 33.5 Å². The number of hydrogen-bond donors (Lipinski definition) is 1. The third-order valence-corrected chi connectivity index (χ3v) is 4.95. The van der Waals surface area contributed by atoms with Gasteiger partial charge in [-0.2, -0.15) is 0 Å². The normalized spacial score (nSPS) is 17.1. The van der Waals surface area contributed by atoms with E-state index in [0.29, 0.717) is 11.8 Å². The Morgan fingerprint density at radius 2 is 2.22 bits per heavy atom. The first kappa shape index (κ1) is 14.1. The minimum atomic E-state index is 0.404. The smallest absolute Gasteiger partial charge is 0.0931 e. The first-order chi connectivity index (χ1) is 8.58. The molecule has 1 aliphatic rings. The summed E-state index contributed by atoms with van der Waals surface area (Å²) >= 11 is 7.73. The molecule has 2 rings (SSSR count). The molecule has 18 heavy (non-hydrogen) atoms. The standard InChI is InChI=1S/C15H22ClNS/c1-10(2)11(3)13(9-17-8-12-4-5-12)14-6-7-15(16)18-14/h6-7,10,12-13,17H,3-5,8-9H2,1-2H3/t13-/m0/s1. The van der Waals surface area contributed by atoms with Crippen LogP contribution in [0.15, 0.2) is 24.3 Å². The Kier molecular flexibility index (Phi) is 4.88. The summed E-state index contributed by atoms with van der Waals surface area (Å²) in [6.45, 7) is 10.8. The van der Waals surface area contributed by atoms with Crippen molar-refractivity contribution >= 4 is 22.9 Å². The molecule has 3 heteroatoms. The van der Waals surface area contributed by atoms with Crippen molar-refractivity contribution in [2.24, 2.45) is 11.8 Å². The Bertz CT molecular complexity index is 406. The highest BCUT2D eigenvalue weighted by atomic mass is 35.5. The molecule has 100 valence electrons. The van der Waals surface area contributed by atoms with Gasteiger partial charge < -0.3 is 5.32 Å². The molecule has 1 aromatic heterocycles. The van der Waals surface area contributed by atoms with Crippen LogP contribution >= 0.6 is 22.9 Å². The van der Waals surface area contributed by atoms with Crippen LogP contribution in [0.2, 0.25) is 4.34 Å². The van der Waals surface area contributed by atoms with Crippen LogP contribution in [0, 0.1) is 11.8 Å². The van der Waals surface area contributed by atoms with E-state index in [2.05, 4.69) is 31.8 Å². The summed E-state index contributed by atoms with van der Waals surface area (Å²) in [5.74, 6) is 1.84. The lowest BCUT2D eigenvalue weighted by Gasteiger charge is -2.22. The topological polar surface area (TPSA) is 12.0 Å². The zero-order valence-corrected chi connectivity index (χ0v) is 12.8. The largest absolute Gasteiger partial charge is 0.315 e. The molecule has 0 saturated heterocycles. The molecule has 1 heterocycles. The zero-order valence-electron chi connectivity index (χ0n) is 11.2. The number of halogens is 1. The van der Waals surface area contributed by atoms with Gasteiger partial charge in [-0.1, -0.05) is 37.6 Å². The molecule has 1 N–H and O–H groups in total. The number of rotatable bonds is 7. The molecule has 0 unspecified atom stereocenters. The van der Waals surface area contributed by atoms with Crippen molar-refractivity contribution in [3.63, 3.8) is 0 Å². The molecule has 0 amide bonds. The van der Waals surface area contributed by atoms with E-state index < -0.39 is 0 Å². The molecule has 0 aliphatic heterocycles. The van der Waals surface area contributed by atoms with Crippen molar-refractivity contribution in [3.8, 4) is 0 Å². The van der Waals surface area contributed by atoms with Gasteiger partial charge in [-0.3, -0.25) is 0 Å². The van der Waals surface area contributed by atoms with Crippen LogP contribution in [0.1, 0.15) is 37.5 Å². The first-order valence-electron chi connectivity index (χ1n) is 6.72. The van der Waals surface area contributed by atoms with Gasteiger partial charge >= 0.3 is 0 Å². The fourth-order valence-electron chi connectivity index (χ4n) is 2.09. The van der Waals surface area contributed by atoms with Crippen LogP contribution in [0.5, 0.6) is 0 Å². The predicted octanol–water partition coefficient (Wildman–Crippen LogP) is 4.70. The second-order valence-electron chi connectivity index (χ2n) is 5.53. The van der Waals surface area contributed by atoms with E-state index in [1.54, 1.807) is 11.3 Å². The van der Waals surface area contributed by atoms with Crippen LogP contribution in [-0.4, -0.2) is 13.1 Å². The van der Waals surface area contributed by atoms with Crippen LogP contribution < -0.4 is 5.32 Å². The van der Waals surface area contributed by atoms with E-state index in [4.69, 9.17) is 11.6 Å². The average molecular weight is 284 g/mol. The molecule has 1 nitrogen and oxygen atoms in total. The maximum absolute atomic E-state index is 6.05. The lowest BCUT2D eigenvalue weighted by Crippen LogP contribution is -2.25. The van der Waals surface area contributed by atoms with Crippen molar-refractivity contribution < 1.29 is 0 Å². The second-order valence-corrected chi connectivity index (χ2v) is 7.27. The van der Waals surface area contributed by atoms with Crippen LogP contribution in [-0.2, 0) is 0 Å². The Morgan fingerprint density at radius 3 is 2.72 bits per heavy atom. The van der Waals surface area contributed by atoms with E-state index in [0.717, 1.165) is 23.3 Å². The van der Waals surface area contributed by atoms with E-state index in [1.165, 1.54) is 23.3 Å². The highest BCUT2D eigenvalue weighted by Crippen LogP contribution is 2.35. The molecular weight excluding hydrogens is 262 g/mol. The van der Waals surface area contributed by atoms with Gasteiger partial charge in [0.05, 0.1) is 4.34 Å². The predicted molar refractivity (Wildman–Crippen MR) is 81.6 cm³/mol. The number of nitrogens with one attached hydrogen (secondary N) is 1. The van der Waals surface area contributed by atoms with Gasteiger partial charge in [0.2, 0.25) is 0 Å². The number of hydrogen-bond acceptors (Lipinski definition) is 2. The maximum Gasteiger partial charge on any atom is 0.0931 e. The van der Waals surface area contributed by atoms with E-state index in [9.17, 15) is 0 Å². The molecule has 1 aliphatic carbocycles. The third-order valence-electron chi connectivity index (χ3n) is 3.60. The molecule has 1 aromatic rings. The zero-order chi connectivity index (χ0) is 13.1. The van der Waals surface area contributed by atoms with E-state index in [1.807, 2.05) is 6.07 Å². The fourth-order valence-corrected chi connectivity index (χ4v) is 3.29. The van der Waals surface area contributed by atoms with Gasteiger partial charge in [0, 0.05) is 17.3 Å². The Hall–Kier alpha value is -0.310. The summed E-state index contributed by atoms with van der Waals surface area (Å²) < 4.78 is 0.869. The maximum atomic E-state index is 6.05. The van der Waals surface area contributed by atoms with Crippen molar-refractivity contribution in [1.82, 2.24) is 5.32 Å². The van der Waals surface area contributed by atoms with Gasteiger partial charge in [0.25, 0.3) is 0 Å². The van der Waals surface area contributed by atoms with Crippen LogP contribution in [0.3, 0.4) is 0 Å². The minimum Gasteiger partial charge on any atom is -0.315 e. The van der Waals surface area contributed by atoms with Gasteiger partial charge in [-0.15, -0.1) is 11.3 Å². The quantitative estimate of drug-likeness (QED) is 0.716. The number of thiophene rings is 1. The summed E-state index contributed by atoms with van der Waals surface area (Å²) in [7, 11) is 0. The Balaban J connectivity index is 1.99. The summed E-state index contributed by atoms with van der Waals surface area (Å²) in [5, 5.41) is 3.59. The summed E-state index contributed by atoms with van der Waals surface area (Å²) in [6, 6.07) is 4.13. The van der Waals surface area contributed by atoms with Crippen LogP contribution in [0.4, 0.5) is 0 Å². The molecule has 0 bridgehead atoms. The van der Waals surface area contributed by atoms with Gasteiger partial charge in [-0.25, -0.2) is 0 Å². The lowest BCUT2D eigenvalue weighted by molar-refractivity contribution is 0.571.